The maximum atomic E-state index is 12.4. The van der Waals surface area contributed by atoms with E-state index in [-0.39, 0.29) is 11.5 Å². The minimum Gasteiger partial charge on any atom is -0.305 e. The van der Waals surface area contributed by atoms with Crippen molar-refractivity contribution >= 4 is 16.7 Å². The van der Waals surface area contributed by atoms with Crippen molar-refractivity contribution in [3.63, 3.8) is 0 Å². The van der Waals surface area contributed by atoms with Gasteiger partial charge in [0.15, 0.2) is 0 Å². The summed E-state index contributed by atoms with van der Waals surface area (Å²) in [5.74, 6) is -0.247. The highest BCUT2D eigenvalue weighted by Gasteiger charge is 2.14. The Bertz CT molecular complexity index is 807. The van der Waals surface area contributed by atoms with Gasteiger partial charge in [-0.15, -0.1) is 0 Å². The van der Waals surface area contributed by atoms with Gasteiger partial charge in [0.05, 0.1) is 5.52 Å². The predicted molar refractivity (Wildman–Crippen MR) is 72.2 cm³/mol. The van der Waals surface area contributed by atoms with Gasteiger partial charge < -0.3 is 4.98 Å². The molecule has 0 atom stereocenters. The Morgan fingerprint density at radius 1 is 0.947 bits per heavy atom. The van der Waals surface area contributed by atoms with Crippen LogP contribution in [0.15, 0.2) is 59.4 Å². The van der Waals surface area contributed by atoms with E-state index >= 15 is 0 Å². The molecule has 0 aliphatic carbocycles. The Morgan fingerprint density at radius 3 is 2.42 bits per heavy atom. The molecular formula is C15H10N2O2. The van der Waals surface area contributed by atoms with Crippen molar-refractivity contribution in [2.45, 2.75) is 0 Å². The largest absolute Gasteiger partial charge is 0.346 e. The minimum atomic E-state index is -0.516. The molecule has 19 heavy (non-hydrogen) atoms. The van der Waals surface area contributed by atoms with E-state index in [2.05, 4.69) is 9.97 Å². The molecule has 2 aromatic carbocycles. The van der Waals surface area contributed by atoms with Crippen LogP contribution in [0.25, 0.3) is 10.9 Å². The number of H-pyrrole nitrogens is 1. The van der Waals surface area contributed by atoms with Crippen molar-refractivity contribution in [1.82, 2.24) is 9.97 Å². The van der Waals surface area contributed by atoms with Gasteiger partial charge in [-0.25, -0.2) is 4.79 Å². The molecule has 0 aliphatic rings. The molecule has 1 aromatic heterocycles. The number of fused-ring (bicyclic) bond motifs is 1. The van der Waals surface area contributed by atoms with Gasteiger partial charge in [0.2, 0.25) is 5.78 Å². The summed E-state index contributed by atoms with van der Waals surface area (Å²) in [4.78, 5) is 30.4. The summed E-state index contributed by atoms with van der Waals surface area (Å²) in [5, 5.41) is 0.649. The molecule has 0 spiro atoms. The minimum absolute atomic E-state index is 0.186. The van der Waals surface area contributed by atoms with Gasteiger partial charge in [-0.3, -0.25) is 4.79 Å². The molecule has 3 rings (SSSR count). The number of hydrogen-bond donors (Lipinski definition) is 1. The topological polar surface area (TPSA) is 62.8 Å². The second-order valence-electron chi connectivity index (χ2n) is 4.13. The molecule has 92 valence electrons. The van der Waals surface area contributed by atoms with Crippen molar-refractivity contribution < 1.29 is 4.79 Å². The number of benzene rings is 2. The van der Waals surface area contributed by atoms with Crippen LogP contribution in [0.5, 0.6) is 0 Å². The molecular weight excluding hydrogens is 240 g/mol. The first-order valence-corrected chi connectivity index (χ1v) is 5.84. The van der Waals surface area contributed by atoms with Gasteiger partial charge in [-0.2, -0.15) is 4.98 Å². The number of carbonyl (C=O) groups is 1. The Kier molecular flexibility index (Phi) is 2.68. The van der Waals surface area contributed by atoms with Gasteiger partial charge in [0.25, 0.3) is 0 Å². The van der Waals surface area contributed by atoms with Crippen LogP contribution in [0, 0.1) is 0 Å². The van der Waals surface area contributed by atoms with Crippen LogP contribution < -0.4 is 5.69 Å². The van der Waals surface area contributed by atoms with E-state index < -0.39 is 5.69 Å². The summed E-state index contributed by atoms with van der Waals surface area (Å²) in [7, 11) is 0. The van der Waals surface area contributed by atoms with Crippen LogP contribution in [0.4, 0.5) is 0 Å². The van der Waals surface area contributed by atoms with E-state index in [9.17, 15) is 9.59 Å². The van der Waals surface area contributed by atoms with E-state index in [0.29, 0.717) is 16.5 Å². The van der Waals surface area contributed by atoms with E-state index in [0.717, 1.165) is 0 Å². The second kappa shape index (κ2) is 4.49. The number of carbonyl (C=O) groups excluding carboxylic acids is 1. The van der Waals surface area contributed by atoms with Crippen LogP contribution in [-0.2, 0) is 0 Å². The fourth-order valence-electron chi connectivity index (χ4n) is 2.00. The number of nitrogens with zero attached hydrogens (tertiary/aromatic N) is 1. The van der Waals surface area contributed by atoms with E-state index in [1.54, 1.807) is 42.5 Å². The third-order valence-electron chi connectivity index (χ3n) is 2.89. The highest BCUT2D eigenvalue weighted by atomic mass is 16.1. The number of nitrogens with one attached hydrogen (secondary N) is 1. The SMILES string of the molecule is O=C(c1ccccc1)c1nc(=O)[nH]c2ccccc12. The van der Waals surface area contributed by atoms with Crippen LogP contribution >= 0.6 is 0 Å². The van der Waals surface area contributed by atoms with Crippen molar-refractivity contribution in [1.29, 1.82) is 0 Å². The van der Waals surface area contributed by atoms with Crippen molar-refractivity contribution in [3.8, 4) is 0 Å². The first-order valence-electron chi connectivity index (χ1n) is 5.84. The first-order chi connectivity index (χ1) is 9.25. The van der Waals surface area contributed by atoms with Crippen molar-refractivity contribution in [3.05, 3.63) is 76.3 Å². The molecule has 0 saturated carbocycles. The van der Waals surface area contributed by atoms with Crippen molar-refractivity contribution in [2.75, 3.05) is 0 Å². The number of para-hydroxylation sites is 1. The zero-order chi connectivity index (χ0) is 13.2. The average Bonchev–Trinajstić information content (AvgIpc) is 2.46. The molecule has 0 saturated heterocycles. The Hall–Kier alpha value is -2.75. The molecule has 1 N–H and O–H groups in total. The Labute approximate surface area is 108 Å². The lowest BCUT2D eigenvalue weighted by Gasteiger charge is -2.04. The lowest BCUT2D eigenvalue weighted by molar-refractivity contribution is 0.103. The zero-order valence-electron chi connectivity index (χ0n) is 9.96. The third-order valence-corrected chi connectivity index (χ3v) is 2.89. The normalized spacial score (nSPS) is 10.5. The second-order valence-corrected chi connectivity index (χ2v) is 4.13. The van der Waals surface area contributed by atoms with Gasteiger partial charge in [0.1, 0.15) is 5.69 Å². The molecule has 0 amide bonds. The summed E-state index contributed by atoms with van der Waals surface area (Å²) < 4.78 is 0. The molecule has 0 bridgehead atoms. The fourth-order valence-corrected chi connectivity index (χ4v) is 2.00. The number of rotatable bonds is 2. The number of hydrogen-bond acceptors (Lipinski definition) is 3. The molecule has 3 aromatic rings. The van der Waals surface area contributed by atoms with Crippen LogP contribution in [-0.4, -0.2) is 15.8 Å². The van der Waals surface area contributed by atoms with Crippen LogP contribution in [0.3, 0.4) is 0 Å². The third kappa shape index (κ3) is 2.04. The van der Waals surface area contributed by atoms with Gasteiger partial charge in [-0.1, -0.05) is 48.5 Å². The number of aromatic amines is 1. The molecule has 0 radical (unpaired) electrons. The quantitative estimate of drug-likeness (QED) is 0.709. The van der Waals surface area contributed by atoms with E-state index in [1.165, 1.54) is 0 Å². The maximum absolute atomic E-state index is 12.4. The fraction of sp³-hybridized carbons (Fsp3) is 0. The molecule has 1 heterocycles. The standard InChI is InChI=1S/C15H10N2O2/c18-14(10-6-2-1-3-7-10)13-11-8-4-5-9-12(11)16-15(19)17-13/h1-9H,(H,16,17,19). The monoisotopic (exact) mass is 250 g/mol. The zero-order valence-corrected chi connectivity index (χ0v) is 9.96. The number of aromatic nitrogens is 2. The summed E-state index contributed by atoms with van der Waals surface area (Å²) in [5.41, 5.74) is 0.802. The summed E-state index contributed by atoms with van der Waals surface area (Å²) >= 11 is 0. The lowest BCUT2D eigenvalue weighted by Crippen LogP contribution is -2.17. The van der Waals surface area contributed by atoms with Crippen LogP contribution in [0.2, 0.25) is 0 Å². The first kappa shape index (κ1) is 11.3. The maximum Gasteiger partial charge on any atom is 0.346 e. The molecule has 4 nitrogen and oxygen atoms in total. The molecule has 4 heteroatoms. The highest BCUT2D eigenvalue weighted by Crippen LogP contribution is 2.16. The number of ketones is 1. The van der Waals surface area contributed by atoms with E-state index in [1.807, 2.05) is 12.1 Å². The predicted octanol–water partition coefficient (Wildman–Crippen LogP) is 2.15. The Balaban J connectivity index is 2.26. The smallest absolute Gasteiger partial charge is 0.305 e. The molecule has 0 fully saturated rings. The van der Waals surface area contributed by atoms with Gasteiger partial charge in [-0.05, 0) is 6.07 Å². The van der Waals surface area contributed by atoms with Crippen molar-refractivity contribution in [2.24, 2.45) is 0 Å². The molecule has 0 aliphatic heterocycles. The summed E-state index contributed by atoms with van der Waals surface area (Å²) in [6.45, 7) is 0. The van der Waals surface area contributed by atoms with Gasteiger partial charge in [0, 0.05) is 10.9 Å². The highest BCUT2D eigenvalue weighted by molar-refractivity contribution is 6.14. The molecule has 0 unspecified atom stereocenters. The lowest BCUT2D eigenvalue weighted by atomic mass is 10.0. The summed E-state index contributed by atoms with van der Waals surface area (Å²) in [6, 6.07) is 15.9. The van der Waals surface area contributed by atoms with Gasteiger partial charge >= 0.3 is 5.69 Å². The summed E-state index contributed by atoms with van der Waals surface area (Å²) in [6.07, 6.45) is 0. The van der Waals surface area contributed by atoms with Crippen LogP contribution in [0.1, 0.15) is 16.1 Å². The average molecular weight is 250 g/mol. The van der Waals surface area contributed by atoms with E-state index in [4.69, 9.17) is 0 Å². The Morgan fingerprint density at radius 2 is 1.63 bits per heavy atom.